The monoisotopic (exact) mass is 494 g/mol. The van der Waals surface area contributed by atoms with Crippen LogP contribution in [-0.4, -0.2) is 49.2 Å². The number of carbonyl (C=O) groups is 1. The quantitative estimate of drug-likeness (QED) is 0.629. The van der Waals surface area contributed by atoms with Gasteiger partial charge in [-0.15, -0.1) is 0 Å². The van der Waals surface area contributed by atoms with Gasteiger partial charge in [0.1, 0.15) is 0 Å². The molecule has 2 aromatic rings. The predicted octanol–water partition coefficient (Wildman–Crippen LogP) is 4.48. The van der Waals surface area contributed by atoms with Gasteiger partial charge < -0.3 is 4.90 Å². The highest BCUT2D eigenvalue weighted by Gasteiger charge is 2.35. The molecule has 0 bridgehead atoms. The normalized spacial score (nSPS) is 18.3. The lowest BCUT2D eigenvalue weighted by atomic mass is 10.1. The van der Waals surface area contributed by atoms with Crippen molar-refractivity contribution in [2.45, 2.75) is 30.5 Å². The van der Waals surface area contributed by atoms with E-state index >= 15 is 0 Å². The lowest BCUT2D eigenvalue weighted by Crippen LogP contribution is -2.55. The molecule has 31 heavy (non-hydrogen) atoms. The van der Waals surface area contributed by atoms with Crippen LogP contribution in [0.1, 0.15) is 18.1 Å². The van der Waals surface area contributed by atoms with Crippen molar-refractivity contribution in [3.63, 3.8) is 0 Å². The molecule has 1 aliphatic heterocycles. The maximum absolute atomic E-state index is 12.9. The number of halogens is 5. The van der Waals surface area contributed by atoms with Gasteiger partial charge in [0.15, 0.2) is 0 Å². The number of amides is 1. The first-order valence-electron chi connectivity index (χ1n) is 9.30. The average Bonchev–Trinajstić information content (AvgIpc) is 2.66. The van der Waals surface area contributed by atoms with Crippen molar-refractivity contribution < 1.29 is 26.4 Å². The Morgan fingerprint density at radius 3 is 2.16 bits per heavy atom. The van der Waals surface area contributed by atoms with E-state index in [1.807, 2.05) is 0 Å². The average molecular weight is 495 g/mol. The van der Waals surface area contributed by atoms with Crippen molar-refractivity contribution >= 4 is 39.1 Å². The van der Waals surface area contributed by atoms with Crippen molar-refractivity contribution in [1.82, 2.24) is 9.21 Å². The molecule has 168 valence electrons. The molecule has 0 saturated carbocycles. The third kappa shape index (κ3) is 5.52. The van der Waals surface area contributed by atoms with Crippen molar-refractivity contribution in [2.24, 2.45) is 0 Å². The summed E-state index contributed by atoms with van der Waals surface area (Å²) in [5.41, 5.74) is -0.328. The molecule has 0 aliphatic carbocycles. The van der Waals surface area contributed by atoms with Crippen LogP contribution in [0, 0.1) is 0 Å². The molecule has 1 amide bonds. The molecular formula is C20H19Cl2F3N2O3S. The standard InChI is InChI=1S/C20H19Cl2F3N2O3S/c1-13-12-26(31(29,30)18-10-16(21)9-17(22)11-18)6-7-27(13)19(28)8-14-2-4-15(5-3-14)20(23,24)25/h2-5,9-11,13H,6-8,12H2,1H3. The molecule has 1 aliphatic rings. The molecule has 0 radical (unpaired) electrons. The smallest absolute Gasteiger partial charge is 0.337 e. The van der Waals surface area contributed by atoms with E-state index in [0.717, 1.165) is 12.1 Å². The van der Waals surface area contributed by atoms with Gasteiger partial charge in [0.25, 0.3) is 0 Å². The third-order valence-corrected chi connectivity index (χ3v) is 7.30. The van der Waals surface area contributed by atoms with E-state index in [0.29, 0.717) is 5.56 Å². The molecule has 1 atom stereocenters. The molecule has 1 heterocycles. The van der Waals surface area contributed by atoms with Gasteiger partial charge in [-0.25, -0.2) is 8.42 Å². The number of nitrogens with zero attached hydrogens (tertiary/aromatic N) is 2. The number of benzene rings is 2. The van der Waals surface area contributed by atoms with E-state index in [4.69, 9.17) is 23.2 Å². The van der Waals surface area contributed by atoms with Crippen LogP contribution < -0.4 is 0 Å². The summed E-state index contributed by atoms with van der Waals surface area (Å²) in [5.74, 6) is -0.282. The van der Waals surface area contributed by atoms with Crippen LogP contribution in [0.5, 0.6) is 0 Å². The number of rotatable bonds is 4. The summed E-state index contributed by atoms with van der Waals surface area (Å²) in [6.45, 7) is 2.03. The molecule has 1 saturated heterocycles. The molecular weight excluding hydrogens is 476 g/mol. The Kier molecular flexibility index (Phi) is 6.90. The fourth-order valence-corrected chi connectivity index (χ4v) is 5.67. The summed E-state index contributed by atoms with van der Waals surface area (Å²) in [5, 5.41) is 0.397. The van der Waals surface area contributed by atoms with Crippen LogP contribution in [-0.2, 0) is 27.4 Å². The van der Waals surface area contributed by atoms with Crippen LogP contribution >= 0.6 is 23.2 Å². The minimum Gasteiger partial charge on any atom is -0.337 e. The van der Waals surface area contributed by atoms with Crippen LogP contribution in [0.4, 0.5) is 13.2 Å². The lowest BCUT2D eigenvalue weighted by molar-refractivity contribution is -0.137. The van der Waals surface area contributed by atoms with Crippen LogP contribution in [0.15, 0.2) is 47.4 Å². The van der Waals surface area contributed by atoms with Crippen molar-refractivity contribution in [3.8, 4) is 0 Å². The zero-order chi connectivity index (χ0) is 23.0. The van der Waals surface area contributed by atoms with E-state index < -0.39 is 27.8 Å². The van der Waals surface area contributed by atoms with Gasteiger partial charge in [0, 0.05) is 35.7 Å². The van der Waals surface area contributed by atoms with Crippen LogP contribution in [0.3, 0.4) is 0 Å². The highest BCUT2D eigenvalue weighted by atomic mass is 35.5. The fourth-order valence-electron chi connectivity index (χ4n) is 3.43. The molecule has 0 N–H and O–H groups in total. The van der Waals surface area contributed by atoms with Gasteiger partial charge in [-0.05, 0) is 42.8 Å². The Balaban J connectivity index is 1.67. The maximum atomic E-state index is 12.9. The maximum Gasteiger partial charge on any atom is 0.416 e. The number of hydrogen-bond donors (Lipinski definition) is 0. The summed E-state index contributed by atoms with van der Waals surface area (Å²) >= 11 is 11.8. The van der Waals surface area contributed by atoms with Crippen LogP contribution in [0.25, 0.3) is 0 Å². The number of alkyl halides is 3. The molecule has 1 fully saturated rings. The Morgan fingerprint density at radius 1 is 1.06 bits per heavy atom. The van der Waals surface area contributed by atoms with Gasteiger partial charge in [-0.1, -0.05) is 35.3 Å². The Hall–Kier alpha value is -1.81. The summed E-state index contributed by atoms with van der Waals surface area (Å²) < 4.78 is 65.2. The topological polar surface area (TPSA) is 57.7 Å². The second-order valence-electron chi connectivity index (χ2n) is 7.28. The first-order valence-corrected chi connectivity index (χ1v) is 11.5. The van der Waals surface area contributed by atoms with Gasteiger partial charge in [0.2, 0.25) is 15.9 Å². The van der Waals surface area contributed by atoms with E-state index in [2.05, 4.69) is 0 Å². The second-order valence-corrected chi connectivity index (χ2v) is 10.1. The highest BCUT2D eigenvalue weighted by Crippen LogP contribution is 2.29. The Morgan fingerprint density at radius 2 is 1.65 bits per heavy atom. The van der Waals surface area contributed by atoms with Gasteiger partial charge >= 0.3 is 6.18 Å². The van der Waals surface area contributed by atoms with Crippen LogP contribution in [0.2, 0.25) is 10.0 Å². The zero-order valence-corrected chi connectivity index (χ0v) is 18.7. The molecule has 0 spiro atoms. The molecule has 3 rings (SSSR count). The number of piperazine rings is 1. The van der Waals surface area contributed by atoms with Crippen molar-refractivity contribution in [2.75, 3.05) is 19.6 Å². The van der Waals surface area contributed by atoms with Gasteiger partial charge in [-0.3, -0.25) is 4.79 Å². The minimum absolute atomic E-state index is 0.0262. The van der Waals surface area contributed by atoms with E-state index in [-0.39, 0.29) is 46.9 Å². The summed E-state index contributed by atoms with van der Waals surface area (Å²) in [6.07, 6.45) is -4.51. The van der Waals surface area contributed by atoms with Gasteiger partial charge in [-0.2, -0.15) is 17.5 Å². The SMILES string of the molecule is CC1CN(S(=O)(=O)c2cc(Cl)cc(Cl)c2)CCN1C(=O)Cc1ccc(C(F)(F)F)cc1. The summed E-state index contributed by atoms with van der Waals surface area (Å²) in [6, 6.07) is 8.07. The van der Waals surface area contributed by atoms with Gasteiger partial charge in [0.05, 0.1) is 16.9 Å². The highest BCUT2D eigenvalue weighted by molar-refractivity contribution is 7.89. The molecule has 2 aromatic carbocycles. The van der Waals surface area contributed by atoms with E-state index in [9.17, 15) is 26.4 Å². The third-order valence-electron chi connectivity index (χ3n) is 5.02. The summed E-state index contributed by atoms with van der Waals surface area (Å²) in [7, 11) is -3.85. The Labute approximate surface area is 188 Å². The molecule has 11 heteroatoms. The number of carbonyl (C=O) groups excluding carboxylic acids is 1. The first kappa shape index (κ1) is 23.8. The summed E-state index contributed by atoms with van der Waals surface area (Å²) in [4.78, 5) is 14.2. The Bertz CT molecular complexity index is 1060. The van der Waals surface area contributed by atoms with E-state index in [1.54, 1.807) is 6.92 Å². The molecule has 1 unspecified atom stereocenters. The largest absolute Gasteiger partial charge is 0.416 e. The predicted molar refractivity (Wildman–Crippen MR) is 112 cm³/mol. The van der Waals surface area contributed by atoms with Crippen molar-refractivity contribution in [1.29, 1.82) is 0 Å². The number of sulfonamides is 1. The first-order chi connectivity index (χ1) is 14.4. The molecule has 0 aromatic heterocycles. The van der Waals surface area contributed by atoms with Crippen molar-refractivity contribution in [3.05, 3.63) is 63.6 Å². The minimum atomic E-state index is -4.44. The fraction of sp³-hybridized carbons (Fsp3) is 0.350. The second kappa shape index (κ2) is 8.97. The zero-order valence-electron chi connectivity index (χ0n) is 16.4. The van der Waals surface area contributed by atoms with E-state index in [1.165, 1.54) is 39.5 Å². The lowest BCUT2D eigenvalue weighted by Gasteiger charge is -2.39. The molecule has 5 nitrogen and oxygen atoms in total. The number of hydrogen-bond acceptors (Lipinski definition) is 3.